The predicted octanol–water partition coefficient (Wildman–Crippen LogP) is 0.959. The van der Waals surface area contributed by atoms with E-state index in [0.717, 1.165) is 0 Å². The fourth-order valence-electron chi connectivity index (χ4n) is 1.47. The molecule has 0 spiro atoms. The molecule has 2 heterocycles. The first-order valence-corrected chi connectivity index (χ1v) is 4.92. The van der Waals surface area contributed by atoms with Gasteiger partial charge < -0.3 is 10.0 Å². The summed E-state index contributed by atoms with van der Waals surface area (Å²) in [6, 6.07) is 0. The van der Waals surface area contributed by atoms with Gasteiger partial charge in [0.05, 0.1) is 12.1 Å². The Morgan fingerprint density at radius 2 is 2.33 bits per heavy atom. The molecule has 1 fully saturated rings. The molecule has 0 atom stereocenters. The summed E-state index contributed by atoms with van der Waals surface area (Å²) >= 11 is 5.92. The highest BCUT2D eigenvalue weighted by molar-refractivity contribution is 6.32. The molecule has 0 bridgehead atoms. The minimum atomic E-state index is -0.770. The summed E-state index contributed by atoms with van der Waals surface area (Å²) in [4.78, 5) is 20.6. The van der Waals surface area contributed by atoms with Gasteiger partial charge in [-0.15, -0.1) is 0 Å². The first kappa shape index (κ1) is 10.2. The first-order valence-electron chi connectivity index (χ1n) is 4.55. The molecule has 1 aromatic heterocycles. The lowest BCUT2D eigenvalue weighted by molar-refractivity contribution is -0.142. The Morgan fingerprint density at radius 3 is 2.93 bits per heavy atom. The second kappa shape index (κ2) is 3.66. The number of carboxylic acid groups (broad SMARTS) is 1. The van der Waals surface area contributed by atoms with Gasteiger partial charge in [0.25, 0.3) is 0 Å². The van der Waals surface area contributed by atoms with Crippen LogP contribution < -0.4 is 4.90 Å². The molecule has 15 heavy (non-hydrogen) atoms. The Bertz CT molecular complexity index is 404. The normalized spacial score (nSPS) is 16.3. The quantitative estimate of drug-likeness (QED) is 0.815. The number of hydrogen-bond acceptors (Lipinski definition) is 4. The van der Waals surface area contributed by atoms with Crippen molar-refractivity contribution in [2.45, 2.75) is 6.92 Å². The Labute approximate surface area is 91.7 Å². The second-order valence-electron chi connectivity index (χ2n) is 3.53. The summed E-state index contributed by atoms with van der Waals surface area (Å²) in [7, 11) is 0. The summed E-state index contributed by atoms with van der Waals surface area (Å²) in [6.45, 7) is 2.70. The lowest BCUT2D eigenvalue weighted by Crippen LogP contribution is -2.51. The highest BCUT2D eigenvalue weighted by atomic mass is 35.5. The van der Waals surface area contributed by atoms with Crippen molar-refractivity contribution in [2.24, 2.45) is 5.92 Å². The van der Waals surface area contributed by atoms with Crippen LogP contribution in [-0.4, -0.2) is 34.1 Å². The van der Waals surface area contributed by atoms with E-state index >= 15 is 0 Å². The van der Waals surface area contributed by atoms with Crippen molar-refractivity contribution in [1.29, 1.82) is 0 Å². The zero-order chi connectivity index (χ0) is 11.0. The standard InChI is InChI=1S/C9H10ClN3O2/c1-5-11-2-7(10)8(12-5)13-3-6(4-13)9(14)15/h2,6H,3-4H2,1H3,(H,14,15). The van der Waals surface area contributed by atoms with Crippen molar-refractivity contribution in [3.63, 3.8) is 0 Å². The fraction of sp³-hybridized carbons (Fsp3) is 0.444. The number of rotatable bonds is 2. The van der Waals surface area contributed by atoms with Crippen LogP contribution in [-0.2, 0) is 4.79 Å². The Kier molecular flexibility index (Phi) is 2.48. The van der Waals surface area contributed by atoms with Gasteiger partial charge in [-0.3, -0.25) is 4.79 Å². The molecule has 0 saturated carbocycles. The van der Waals surface area contributed by atoms with Crippen molar-refractivity contribution in [1.82, 2.24) is 9.97 Å². The highest BCUT2D eigenvalue weighted by Gasteiger charge is 2.34. The van der Waals surface area contributed by atoms with Gasteiger partial charge in [-0.2, -0.15) is 0 Å². The number of halogens is 1. The molecule has 1 saturated heterocycles. The summed E-state index contributed by atoms with van der Waals surface area (Å²) in [5.74, 6) is 0.180. The molecule has 0 aromatic carbocycles. The number of aliphatic carboxylic acids is 1. The second-order valence-corrected chi connectivity index (χ2v) is 3.94. The number of anilines is 1. The van der Waals surface area contributed by atoms with Crippen LogP contribution in [0.4, 0.5) is 5.82 Å². The Hall–Kier alpha value is -1.36. The highest BCUT2D eigenvalue weighted by Crippen LogP contribution is 2.28. The van der Waals surface area contributed by atoms with Crippen LogP contribution in [0.3, 0.4) is 0 Å². The number of aromatic nitrogens is 2. The molecule has 5 nitrogen and oxygen atoms in total. The average molecular weight is 228 g/mol. The Balaban J connectivity index is 2.12. The predicted molar refractivity (Wildman–Crippen MR) is 55.1 cm³/mol. The van der Waals surface area contributed by atoms with Gasteiger partial charge in [-0.1, -0.05) is 11.6 Å². The van der Waals surface area contributed by atoms with Crippen molar-refractivity contribution >= 4 is 23.4 Å². The maximum absolute atomic E-state index is 10.6. The monoisotopic (exact) mass is 227 g/mol. The van der Waals surface area contributed by atoms with E-state index in [1.165, 1.54) is 6.20 Å². The van der Waals surface area contributed by atoms with Crippen molar-refractivity contribution in [2.75, 3.05) is 18.0 Å². The molecule has 0 aliphatic carbocycles. The molecule has 0 unspecified atom stereocenters. The number of carboxylic acids is 1. The van der Waals surface area contributed by atoms with Gasteiger partial charge in [0, 0.05) is 13.1 Å². The molecule has 0 amide bonds. The van der Waals surface area contributed by atoms with Crippen LogP contribution in [0.2, 0.25) is 5.02 Å². The number of aryl methyl sites for hydroxylation is 1. The van der Waals surface area contributed by atoms with Crippen LogP contribution in [0.1, 0.15) is 5.82 Å². The minimum Gasteiger partial charge on any atom is -0.481 e. The van der Waals surface area contributed by atoms with E-state index in [0.29, 0.717) is 29.8 Å². The molecule has 1 aliphatic heterocycles. The zero-order valence-corrected chi connectivity index (χ0v) is 8.90. The summed E-state index contributed by atoms with van der Waals surface area (Å²) in [5.41, 5.74) is 0. The number of hydrogen-bond donors (Lipinski definition) is 1. The van der Waals surface area contributed by atoms with Crippen LogP contribution in [0.15, 0.2) is 6.20 Å². The van der Waals surface area contributed by atoms with Crippen LogP contribution >= 0.6 is 11.6 Å². The molecule has 1 aromatic rings. The first-order chi connectivity index (χ1) is 7.08. The van der Waals surface area contributed by atoms with Gasteiger partial charge in [0.2, 0.25) is 0 Å². The van der Waals surface area contributed by atoms with Crippen molar-refractivity contribution in [3.8, 4) is 0 Å². The van der Waals surface area contributed by atoms with E-state index in [-0.39, 0.29) is 5.92 Å². The maximum Gasteiger partial charge on any atom is 0.310 e. The molecular weight excluding hydrogens is 218 g/mol. The van der Waals surface area contributed by atoms with Crippen LogP contribution in [0.5, 0.6) is 0 Å². The SMILES string of the molecule is Cc1ncc(Cl)c(N2CC(C(=O)O)C2)n1. The third-order valence-electron chi connectivity index (χ3n) is 2.38. The molecule has 1 aliphatic rings. The summed E-state index contributed by atoms with van der Waals surface area (Å²) < 4.78 is 0. The Morgan fingerprint density at radius 1 is 1.67 bits per heavy atom. The van der Waals surface area contributed by atoms with Crippen LogP contribution in [0, 0.1) is 12.8 Å². The van der Waals surface area contributed by atoms with E-state index in [2.05, 4.69) is 9.97 Å². The smallest absolute Gasteiger partial charge is 0.310 e. The van der Waals surface area contributed by atoms with Crippen LogP contribution in [0.25, 0.3) is 0 Å². The van der Waals surface area contributed by atoms with E-state index in [1.807, 2.05) is 4.90 Å². The van der Waals surface area contributed by atoms with Gasteiger partial charge >= 0.3 is 5.97 Å². The largest absolute Gasteiger partial charge is 0.481 e. The molecule has 2 rings (SSSR count). The molecule has 6 heteroatoms. The van der Waals surface area contributed by atoms with Crippen molar-refractivity contribution < 1.29 is 9.90 Å². The lowest BCUT2D eigenvalue weighted by atomic mass is 10.0. The summed E-state index contributed by atoms with van der Waals surface area (Å²) in [6.07, 6.45) is 1.54. The van der Waals surface area contributed by atoms with E-state index in [4.69, 9.17) is 16.7 Å². The van der Waals surface area contributed by atoms with Gasteiger partial charge in [0.15, 0.2) is 5.82 Å². The average Bonchev–Trinajstić information content (AvgIpc) is 2.08. The fourth-order valence-corrected chi connectivity index (χ4v) is 1.68. The molecular formula is C9H10ClN3O2. The maximum atomic E-state index is 10.6. The van der Waals surface area contributed by atoms with Gasteiger partial charge in [0.1, 0.15) is 10.8 Å². The number of carbonyl (C=O) groups is 1. The molecule has 1 N–H and O–H groups in total. The molecule has 0 radical (unpaired) electrons. The van der Waals surface area contributed by atoms with Gasteiger partial charge in [-0.05, 0) is 6.92 Å². The van der Waals surface area contributed by atoms with E-state index in [1.54, 1.807) is 6.92 Å². The van der Waals surface area contributed by atoms with Crippen molar-refractivity contribution in [3.05, 3.63) is 17.0 Å². The molecule has 80 valence electrons. The minimum absolute atomic E-state index is 0.309. The topological polar surface area (TPSA) is 66.3 Å². The third kappa shape index (κ3) is 1.87. The lowest BCUT2D eigenvalue weighted by Gasteiger charge is -2.37. The van der Waals surface area contributed by atoms with E-state index in [9.17, 15) is 4.79 Å². The third-order valence-corrected chi connectivity index (χ3v) is 2.64. The number of nitrogens with zero attached hydrogens (tertiary/aromatic N) is 3. The zero-order valence-electron chi connectivity index (χ0n) is 8.14. The van der Waals surface area contributed by atoms with E-state index < -0.39 is 5.97 Å². The van der Waals surface area contributed by atoms with Gasteiger partial charge in [-0.25, -0.2) is 9.97 Å². The summed E-state index contributed by atoms with van der Waals surface area (Å²) in [5, 5.41) is 9.19.